The Hall–Kier alpha value is -1.42. The quantitative estimate of drug-likeness (QED) is 0.779. The van der Waals surface area contributed by atoms with Crippen molar-refractivity contribution in [1.82, 2.24) is 4.57 Å². The number of Topliss-reactive ketones (excluding diaryl/α,β-unsaturated/α-hetero) is 1. The molecule has 1 heterocycles. The molecule has 98 valence electrons. The first-order chi connectivity index (χ1) is 9.13. The molecule has 1 fully saturated rings. The van der Waals surface area contributed by atoms with Gasteiger partial charge < -0.3 is 4.57 Å². The zero-order valence-electron chi connectivity index (χ0n) is 10.3. The van der Waals surface area contributed by atoms with Crippen molar-refractivity contribution in [2.45, 2.75) is 19.4 Å². The Balaban J connectivity index is 1.77. The predicted octanol–water partition coefficient (Wildman–Crippen LogP) is 4.03. The Morgan fingerprint density at radius 1 is 1.37 bits per heavy atom. The Morgan fingerprint density at radius 2 is 2.16 bits per heavy atom. The highest BCUT2D eigenvalue weighted by atomic mass is 79.9. The number of benzene rings is 1. The van der Waals surface area contributed by atoms with Gasteiger partial charge in [0, 0.05) is 40.5 Å². The summed E-state index contributed by atoms with van der Waals surface area (Å²) in [4.78, 5) is 11.9. The SMILES string of the molecule is O=C(c1ccn(Cc2ccc(Br)cc2F)c1)C1CC1. The highest BCUT2D eigenvalue weighted by Gasteiger charge is 2.30. The van der Waals surface area contributed by atoms with Gasteiger partial charge in [-0.05, 0) is 31.0 Å². The molecule has 1 aliphatic carbocycles. The number of hydrogen-bond donors (Lipinski definition) is 0. The van der Waals surface area contributed by atoms with Crippen LogP contribution in [-0.2, 0) is 6.54 Å². The summed E-state index contributed by atoms with van der Waals surface area (Å²) in [5.41, 5.74) is 1.35. The number of ketones is 1. The molecular weight excluding hydrogens is 309 g/mol. The first-order valence-corrected chi connectivity index (χ1v) is 7.07. The summed E-state index contributed by atoms with van der Waals surface area (Å²) in [6.07, 6.45) is 5.65. The fraction of sp³-hybridized carbons (Fsp3) is 0.267. The van der Waals surface area contributed by atoms with E-state index in [1.54, 1.807) is 6.07 Å². The lowest BCUT2D eigenvalue weighted by molar-refractivity contribution is 0.0967. The lowest BCUT2D eigenvalue weighted by Crippen LogP contribution is -2.02. The minimum atomic E-state index is -0.238. The van der Waals surface area contributed by atoms with Crippen LogP contribution < -0.4 is 0 Å². The van der Waals surface area contributed by atoms with Crippen LogP contribution in [0, 0.1) is 11.7 Å². The van der Waals surface area contributed by atoms with E-state index in [0.717, 1.165) is 22.9 Å². The van der Waals surface area contributed by atoms with Gasteiger partial charge in [0.15, 0.2) is 5.78 Å². The van der Waals surface area contributed by atoms with Crippen LogP contribution in [0.4, 0.5) is 4.39 Å². The molecule has 0 aliphatic heterocycles. The van der Waals surface area contributed by atoms with Gasteiger partial charge in [-0.15, -0.1) is 0 Å². The molecule has 2 nitrogen and oxygen atoms in total. The van der Waals surface area contributed by atoms with Crippen molar-refractivity contribution < 1.29 is 9.18 Å². The first kappa shape index (κ1) is 12.6. The van der Waals surface area contributed by atoms with Crippen LogP contribution in [0.15, 0.2) is 41.1 Å². The van der Waals surface area contributed by atoms with Crippen LogP contribution in [0.3, 0.4) is 0 Å². The normalized spacial score (nSPS) is 14.6. The van der Waals surface area contributed by atoms with Crippen LogP contribution in [-0.4, -0.2) is 10.4 Å². The van der Waals surface area contributed by atoms with Crippen LogP contribution in [0.2, 0.25) is 0 Å². The summed E-state index contributed by atoms with van der Waals surface area (Å²) in [5.74, 6) is 0.202. The van der Waals surface area contributed by atoms with E-state index >= 15 is 0 Å². The minimum Gasteiger partial charge on any atom is -0.349 e. The molecule has 0 radical (unpaired) electrons. The van der Waals surface area contributed by atoms with Gasteiger partial charge >= 0.3 is 0 Å². The number of hydrogen-bond acceptors (Lipinski definition) is 1. The van der Waals surface area contributed by atoms with Crippen LogP contribution in [0.1, 0.15) is 28.8 Å². The molecule has 0 atom stereocenters. The molecular formula is C15H13BrFNO. The molecule has 2 aromatic rings. The number of rotatable bonds is 4. The summed E-state index contributed by atoms with van der Waals surface area (Å²) in [7, 11) is 0. The molecule has 4 heteroatoms. The molecule has 1 aromatic carbocycles. The maximum Gasteiger partial charge on any atom is 0.167 e. The molecule has 0 amide bonds. The lowest BCUT2D eigenvalue weighted by atomic mass is 10.1. The van der Waals surface area contributed by atoms with E-state index in [0.29, 0.717) is 12.1 Å². The summed E-state index contributed by atoms with van der Waals surface area (Å²) in [6, 6.07) is 6.84. The van der Waals surface area contributed by atoms with Gasteiger partial charge in [0.1, 0.15) is 5.82 Å². The van der Waals surface area contributed by atoms with Crippen molar-refractivity contribution in [3.8, 4) is 0 Å². The summed E-state index contributed by atoms with van der Waals surface area (Å²) >= 11 is 3.24. The third kappa shape index (κ3) is 2.78. The number of aromatic nitrogens is 1. The lowest BCUT2D eigenvalue weighted by Gasteiger charge is -2.05. The molecule has 0 bridgehead atoms. The Bertz CT molecular complexity index is 631. The number of nitrogens with zero attached hydrogens (tertiary/aromatic N) is 1. The van der Waals surface area contributed by atoms with E-state index < -0.39 is 0 Å². The molecule has 1 saturated carbocycles. The average Bonchev–Trinajstić information content (AvgIpc) is 3.12. The highest BCUT2D eigenvalue weighted by Crippen LogP contribution is 2.32. The molecule has 0 unspecified atom stereocenters. The van der Waals surface area contributed by atoms with Crippen LogP contribution >= 0.6 is 15.9 Å². The predicted molar refractivity (Wildman–Crippen MR) is 74.7 cm³/mol. The van der Waals surface area contributed by atoms with Crippen molar-refractivity contribution in [1.29, 1.82) is 0 Å². The fourth-order valence-electron chi connectivity index (χ4n) is 2.11. The summed E-state index contributed by atoms with van der Waals surface area (Å²) in [5, 5.41) is 0. The second kappa shape index (κ2) is 4.93. The Kier molecular flexibility index (Phi) is 3.27. The molecule has 0 saturated heterocycles. The highest BCUT2D eigenvalue weighted by molar-refractivity contribution is 9.10. The minimum absolute atomic E-state index is 0.218. The van der Waals surface area contributed by atoms with Gasteiger partial charge in [0.2, 0.25) is 0 Å². The van der Waals surface area contributed by atoms with Crippen molar-refractivity contribution in [3.05, 3.63) is 58.1 Å². The molecule has 1 aromatic heterocycles. The topological polar surface area (TPSA) is 22.0 Å². The standard InChI is InChI=1S/C15H13BrFNO/c16-13-4-3-11(14(17)7-13)8-18-6-5-12(9-18)15(19)10-1-2-10/h3-7,9-10H,1-2,8H2. The third-order valence-corrected chi connectivity index (χ3v) is 3.84. The second-order valence-corrected chi connectivity index (χ2v) is 5.86. The van der Waals surface area contributed by atoms with Gasteiger partial charge in [0.05, 0.1) is 0 Å². The van der Waals surface area contributed by atoms with Crippen molar-refractivity contribution in [3.63, 3.8) is 0 Å². The second-order valence-electron chi connectivity index (χ2n) is 4.95. The van der Waals surface area contributed by atoms with Crippen molar-refractivity contribution in [2.24, 2.45) is 5.92 Å². The monoisotopic (exact) mass is 321 g/mol. The number of carbonyl (C=O) groups is 1. The maximum absolute atomic E-state index is 13.7. The van der Waals surface area contributed by atoms with E-state index in [1.165, 1.54) is 6.07 Å². The zero-order valence-corrected chi connectivity index (χ0v) is 11.9. The third-order valence-electron chi connectivity index (χ3n) is 3.35. The van der Waals surface area contributed by atoms with Gasteiger partial charge in [0.25, 0.3) is 0 Å². The largest absolute Gasteiger partial charge is 0.349 e. The zero-order chi connectivity index (χ0) is 13.4. The van der Waals surface area contributed by atoms with E-state index in [-0.39, 0.29) is 17.5 Å². The maximum atomic E-state index is 13.7. The van der Waals surface area contributed by atoms with Crippen molar-refractivity contribution >= 4 is 21.7 Å². The van der Waals surface area contributed by atoms with Gasteiger partial charge in [-0.2, -0.15) is 0 Å². The van der Waals surface area contributed by atoms with E-state index in [2.05, 4.69) is 15.9 Å². The molecule has 19 heavy (non-hydrogen) atoms. The first-order valence-electron chi connectivity index (χ1n) is 6.27. The molecule has 0 N–H and O–H groups in total. The van der Waals surface area contributed by atoms with E-state index in [4.69, 9.17) is 0 Å². The number of carbonyl (C=O) groups excluding carboxylic acids is 1. The summed E-state index contributed by atoms with van der Waals surface area (Å²) < 4.78 is 16.3. The van der Waals surface area contributed by atoms with Gasteiger partial charge in [-0.3, -0.25) is 4.79 Å². The van der Waals surface area contributed by atoms with Crippen LogP contribution in [0.5, 0.6) is 0 Å². The van der Waals surface area contributed by atoms with E-state index in [9.17, 15) is 9.18 Å². The smallest absolute Gasteiger partial charge is 0.167 e. The van der Waals surface area contributed by atoms with E-state index in [1.807, 2.05) is 29.1 Å². The molecule has 3 rings (SSSR count). The van der Waals surface area contributed by atoms with Crippen molar-refractivity contribution in [2.75, 3.05) is 0 Å². The fourth-order valence-corrected chi connectivity index (χ4v) is 2.45. The molecule has 0 spiro atoms. The number of halogens is 2. The van der Waals surface area contributed by atoms with Crippen LogP contribution in [0.25, 0.3) is 0 Å². The Morgan fingerprint density at radius 3 is 2.84 bits per heavy atom. The molecule has 1 aliphatic rings. The van der Waals surface area contributed by atoms with Gasteiger partial charge in [-0.25, -0.2) is 4.39 Å². The Labute approximate surface area is 119 Å². The summed E-state index contributed by atoms with van der Waals surface area (Å²) in [6.45, 7) is 0.442. The van der Waals surface area contributed by atoms with Gasteiger partial charge in [-0.1, -0.05) is 22.0 Å². The average molecular weight is 322 g/mol.